The van der Waals surface area contributed by atoms with Crippen molar-refractivity contribution < 1.29 is 0 Å². The fraction of sp³-hybridized carbons (Fsp3) is 0.538. The summed E-state index contributed by atoms with van der Waals surface area (Å²) in [6.07, 6.45) is 0.987. The molecule has 3 heteroatoms. The molecule has 2 N–H and O–H groups in total. The van der Waals surface area contributed by atoms with Gasteiger partial charge in [-0.05, 0) is 24.1 Å². The van der Waals surface area contributed by atoms with E-state index in [2.05, 4.69) is 40.9 Å². The lowest BCUT2D eigenvalue weighted by molar-refractivity contribution is 0.294. The molecule has 1 aromatic carbocycles. The highest BCUT2D eigenvalue weighted by molar-refractivity contribution is 7.99. The Bertz CT molecular complexity index is 304. The third kappa shape index (κ3) is 3.51. The zero-order chi connectivity index (χ0) is 11.2. The molecule has 1 aliphatic rings. The van der Waals surface area contributed by atoms with Crippen LogP contribution in [0.15, 0.2) is 24.3 Å². The Balaban J connectivity index is 1.88. The van der Waals surface area contributed by atoms with E-state index in [-0.39, 0.29) is 0 Å². The van der Waals surface area contributed by atoms with Gasteiger partial charge in [0.2, 0.25) is 0 Å². The molecule has 2 nitrogen and oxygen atoms in total. The molecule has 1 fully saturated rings. The van der Waals surface area contributed by atoms with Crippen LogP contribution in [0, 0.1) is 0 Å². The first-order chi connectivity index (χ1) is 7.88. The largest absolute Gasteiger partial charge is 0.330 e. The van der Waals surface area contributed by atoms with Gasteiger partial charge in [-0.15, -0.1) is 0 Å². The van der Waals surface area contributed by atoms with Crippen molar-refractivity contribution in [2.24, 2.45) is 5.73 Å². The van der Waals surface area contributed by atoms with Gasteiger partial charge in [0.25, 0.3) is 0 Å². The predicted molar refractivity (Wildman–Crippen MR) is 71.8 cm³/mol. The minimum absolute atomic E-state index is 0.739. The molecule has 1 aliphatic heterocycles. The van der Waals surface area contributed by atoms with Crippen LogP contribution in [-0.4, -0.2) is 36.0 Å². The van der Waals surface area contributed by atoms with Crippen LogP contribution in [0.2, 0.25) is 0 Å². The van der Waals surface area contributed by atoms with E-state index < -0.39 is 0 Å². The second kappa shape index (κ2) is 6.28. The SMILES string of the molecule is NCCc1ccc(CN2CCSCC2)cc1. The predicted octanol–water partition coefficient (Wildman–Crippen LogP) is 1.74. The first-order valence-electron chi connectivity index (χ1n) is 5.96. The summed E-state index contributed by atoms with van der Waals surface area (Å²) in [5.41, 5.74) is 8.31. The second-order valence-corrected chi connectivity index (χ2v) is 5.47. The maximum Gasteiger partial charge on any atom is 0.0234 e. The number of nitrogens with two attached hydrogens (primary N) is 1. The van der Waals surface area contributed by atoms with Crippen molar-refractivity contribution in [3.8, 4) is 0 Å². The highest BCUT2D eigenvalue weighted by Gasteiger charge is 2.10. The van der Waals surface area contributed by atoms with Crippen LogP contribution >= 0.6 is 11.8 Å². The van der Waals surface area contributed by atoms with Gasteiger partial charge in [0.15, 0.2) is 0 Å². The van der Waals surface area contributed by atoms with Crippen LogP contribution in [0.3, 0.4) is 0 Å². The summed E-state index contributed by atoms with van der Waals surface area (Å²) in [5, 5.41) is 0. The first-order valence-corrected chi connectivity index (χ1v) is 7.12. The molecule has 0 bridgehead atoms. The molecule has 0 radical (unpaired) electrons. The van der Waals surface area contributed by atoms with E-state index in [0.717, 1.165) is 19.5 Å². The van der Waals surface area contributed by atoms with Crippen molar-refractivity contribution in [2.75, 3.05) is 31.1 Å². The number of hydrogen-bond acceptors (Lipinski definition) is 3. The number of benzene rings is 1. The van der Waals surface area contributed by atoms with Gasteiger partial charge in [0, 0.05) is 31.1 Å². The molecule has 0 spiro atoms. The summed E-state index contributed by atoms with van der Waals surface area (Å²) in [5.74, 6) is 2.57. The molecule has 1 aromatic rings. The standard InChI is InChI=1S/C13H20N2S/c14-6-5-12-1-3-13(4-2-12)11-15-7-9-16-10-8-15/h1-4H,5-11,14H2. The molecule has 0 aromatic heterocycles. The van der Waals surface area contributed by atoms with Crippen LogP contribution in [0.5, 0.6) is 0 Å². The maximum atomic E-state index is 5.54. The lowest BCUT2D eigenvalue weighted by Crippen LogP contribution is -2.31. The Labute approximate surface area is 102 Å². The monoisotopic (exact) mass is 236 g/mol. The second-order valence-electron chi connectivity index (χ2n) is 4.24. The summed E-state index contributed by atoms with van der Waals surface area (Å²) < 4.78 is 0. The van der Waals surface area contributed by atoms with Gasteiger partial charge < -0.3 is 5.73 Å². The van der Waals surface area contributed by atoms with Gasteiger partial charge in [-0.2, -0.15) is 11.8 Å². The van der Waals surface area contributed by atoms with Gasteiger partial charge in [0.1, 0.15) is 0 Å². The minimum Gasteiger partial charge on any atom is -0.330 e. The molecular weight excluding hydrogens is 216 g/mol. The van der Waals surface area contributed by atoms with E-state index in [0.29, 0.717) is 0 Å². The average molecular weight is 236 g/mol. The number of rotatable bonds is 4. The van der Waals surface area contributed by atoms with E-state index in [1.807, 2.05) is 0 Å². The Morgan fingerprint density at radius 3 is 2.31 bits per heavy atom. The topological polar surface area (TPSA) is 29.3 Å². The van der Waals surface area contributed by atoms with E-state index in [1.165, 1.54) is 35.7 Å². The fourth-order valence-electron chi connectivity index (χ4n) is 2.00. The fourth-order valence-corrected chi connectivity index (χ4v) is 2.97. The lowest BCUT2D eigenvalue weighted by Gasteiger charge is -2.26. The van der Waals surface area contributed by atoms with Crippen LogP contribution in [0.4, 0.5) is 0 Å². The Morgan fingerprint density at radius 1 is 1.06 bits per heavy atom. The number of thioether (sulfide) groups is 1. The lowest BCUT2D eigenvalue weighted by atomic mass is 10.1. The van der Waals surface area contributed by atoms with Crippen molar-refractivity contribution >= 4 is 11.8 Å². The number of hydrogen-bond donors (Lipinski definition) is 1. The molecule has 0 aliphatic carbocycles. The molecule has 2 rings (SSSR count). The van der Waals surface area contributed by atoms with E-state index >= 15 is 0 Å². The van der Waals surface area contributed by atoms with E-state index in [1.54, 1.807) is 0 Å². The third-order valence-corrected chi connectivity index (χ3v) is 3.91. The van der Waals surface area contributed by atoms with Gasteiger partial charge in [-0.1, -0.05) is 24.3 Å². The molecule has 1 saturated heterocycles. The Hall–Kier alpha value is -0.510. The van der Waals surface area contributed by atoms with E-state index in [4.69, 9.17) is 5.73 Å². The van der Waals surface area contributed by atoms with Crippen molar-refractivity contribution in [3.05, 3.63) is 35.4 Å². The average Bonchev–Trinajstić information content (AvgIpc) is 2.33. The molecule has 0 atom stereocenters. The van der Waals surface area contributed by atoms with Crippen LogP contribution in [0.1, 0.15) is 11.1 Å². The first kappa shape index (κ1) is 12.0. The normalized spacial score (nSPS) is 17.6. The van der Waals surface area contributed by atoms with Crippen LogP contribution in [-0.2, 0) is 13.0 Å². The van der Waals surface area contributed by atoms with Gasteiger partial charge in [0.05, 0.1) is 0 Å². The third-order valence-electron chi connectivity index (χ3n) is 2.97. The zero-order valence-electron chi connectivity index (χ0n) is 9.69. The van der Waals surface area contributed by atoms with Crippen molar-refractivity contribution in [3.63, 3.8) is 0 Å². The smallest absolute Gasteiger partial charge is 0.0234 e. The summed E-state index contributed by atoms with van der Waals surface area (Å²) >= 11 is 2.06. The van der Waals surface area contributed by atoms with Crippen molar-refractivity contribution in [2.45, 2.75) is 13.0 Å². The van der Waals surface area contributed by atoms with Gasteiger partial charge in [-0.25, -0.2) is 0 Å². The van der Waals surface area contributed by atoms with Crippen molar-refractivity contribution in [1.82, 2.24) is 4.90 Å². The number of nitrogens with zero attached hydrogens (tertiary/aromatic N) is 1. The summed E-state index contributed by atoms with van der Waals surface area (Å²) in [6.45, 7) is 4.30. The minimum atomic E-state index is 0.739. The van der Waals surface area contributed by atoms with E-state index in [9.17, 15) is 0 Å². The molecule has 1 heterocycles. The molecule has 0 saturated carbocycles. The quantitative estimate of drug-likeness (QED) is 0.863. The van der Waals surface area contributed by atoms with Gasteiger partial charge in [-0.3, -0.25) is 4.90 Å². The highest BCUT2D eigenvalue weighted by atomic mass is 32.2. The van der Waals surface area contributed by atoms with Crippen LogP contribution < -0.4 is 5.73 Å². The van der Waals surface area contributed by atoms with Gasteiger partial charge >= 0.3 is 0 Å². The van der Waals surface area contributed by atoms with Crippen LogP contribution in [0.25, 0.3) is 0 Å². The summed E-state index contributed by atoms with van der Waals surface area (Å²) in [6, 6.07) is 8.90. The summed E-state index contributed by atoms with van der Waals surface area (Å²) in [4.78, 5) is 2.54. The van der Waals surface area contributed by atoms with Crippen molar-refractivity contribution in [1.29, 1.82) is 0 Å². The maximum absolute atomic E-state index is 5.54. The molecule has 0 amide bonds. The Morgan fingerprint density at radius 2 is 1.69 bits per heavy atom. The Kier molecular flexibility index (Phi) is 4.69. The summed E-state index contributed by atoms with van der Waals surface area (Å²) in [7, 11) is 0. The molecule has 0 unspecified atom stereocenters. The zero-order valence-corrected chi connectivity index (χ0v) is 10.5. The molecule has 88 valence electrons. The highest BCUT2D eigenvalue weighted by Crippen LogP contribution is 2.13. The molecule has 16 heavy (non-hydrogen) atoms. The molecular formula is C13H20N2S.